The Labute approximate surface area is 197 Å². The highest BCUT2D eigenvalue weighted by Gasteiger charge is 2.22. The fourth-order valence-corrected chi connectivity index (χ4v) is 6.15. The van der Waals surface area contributed by atoms with Gasteiger partial charge in [-0.25, -0.2) is 4.98 Å². The number of hydrogen-bond acceptors (Lipinski definition) is 7. The lowest BCUT2D eigenvalue weighted by Crippen LogP contribution is -2.36. The summed E-state index contributed by atoms with van der Waals surface area (Å²) in [5, 5.41) is 10.6. The molecule has 1 fully saturated rings. The molecule has 0 radical (unpaired) electrons. The molecule has 0 unspecified atom stereocenters. The summed E-state index contributed by atoms with van der Waals surface area (Å²) in [5.41, 5.74) is 0.988. The maximum atomic E-state index is 4.80. The molecule has 0 spiro atoms. The summed E-state index contributed by atoms with van der Waals surface area (Å²) in [4.78, 5) is 15.8. The van der Waals surface area contributed by atoms with Crippen molar-refractivity contribution in [2.24, 2.45) is 0 Å². The predicted octanol–water partition coefficient (Wildman–Crippen LogP) is 6.00. The minimum absolute atomic E-state index is 0.427. The molecule has 0 aliphatic heterocycles. The van der Waals surface area contributed by atoms with Gasteiger partial charge in [-0.15, -0.1) is 22.7 Å². The zero-order valence-corrected chi connectivity index (χ0v) is 20.2. The van der Waals surface area contributed by atoms with Crippen LogP contribution in [0.15, 0.2) is 53.9 Å². The summed E-state index contributed by atoms with van der Waals surface area (Å²) in [6, 6.07) is 18.1. The average Bonchev–Trinajstić information content (AvgIpc) is 3.50. The van der Waals surface area contributed by atoms with Crippen molar-refractivity contribution < 1.29 is 0 Å². The highest BCUT2D eigenvalue weighted by Crippen LogP contribution is 2.32. The van der Waals surface area contributed by atoms with Gasteiger partial charge in [-0.1, -0.05) is 18.2 Å². The zero-order chi connectivity index (χ0) is 21.9. The Bertz CT molecular complexity index is 1160. The molecular formula is C25H29N5S2. The first kappa shape index (κ1) is 21.4. The van der Waals surface area contributed by atoms with Crippen LogP contribution in [0.1, 0.15) is 30.6 Å². The topological polar surface area (TPSA) is 53.1 Å². The van der Waals surface area contributed by atoms with Gasteiger partial charge in [0, 0.05) is 52.7 Å². The minimum atomic E-state index is 0.427. The Morgan fingerprint density at radius 3 is 2.50 bits per heavy atom. The summed E-state index contributed by atoms with van der Waals surface area (Å²) in [7, 11) is 4.07. The van der Waals surface area contributed by atoms with Crippen molar-refractivity contribution >= 4 is 45.3 Å². The zero-order valence-electron chi connectivity index (χ0n) is 18.5. The lowest BCUT2D eigenvalue weighted by Gasteiger charge is -2.30. The molecular weight excluding hydrogens is 434 g/mol. The van der Waals surface area contributed by atoms with Crippen LogP contribution in [0.3, 0.4) is 0 Å². The molecule has 0 amide bonds. The van der Waals surface area contributed by atoms with E-state index in [2.05, 4.69) is 57.3 Å². The number of nitrogens with zero attached hydrogens (tertiary/aromatic N) is 3. The van der Waals surface area contributed by atoms with Gasteiger partial charge in [-0.3, -0.25) is 0 Å². The van der Waals surface area contributed by atoms with Crippen LogP contribution < -0.4 is 15.5 Å². The smallest absolute Gasteiger partial charge is 0.225 e. The van der Waals surface area contributed by atoms with Gasteiger partial charge >= 0.3 is 0 Å². The molecule has 3 heterocycles. The maximum absolute atomic E-state index is 4.80. The number of para-hydroxylation sites is 1. The monoisotopic (exact) mass is 463 g/mol. The van der Waals surface area contributed by atoms with E-state index in [0.29, 0.717) is 12.1 Å². The Balaban J connectivity index is 1.15. The molecule has 1 aliphatic rings. The van der Waals surface area contributed by atoms with E-state index >= 15 is 0 Å². The van der Waals surface area contributed by atoms with E-state index in [9.17, 15) is 0 Å². The second-order valence-electron chi connectivity index (χ2n) is 8.60. The van der Waals surface area contributed by atoms with Gasteiger partial charge in [0.15, 0.2) is 0 Å². The standard InChI is InChI=1S/C25H29N5S2/c1-30(2)24-20-6-3-4-7-21(20)28-25(29-24)27-18-11-9-17(10-12-18)26-16-19-13-14-23(32-19)22-8-5-15-31-22/h3-8,13-15,17-18,26H,9-12,16H2,1-2H3,(H,27,28,29)/t17-,18+. The van der Waals surface area contributed by atoms with E-state index in [1.807, 2.05) is 48.9 Å². The van der Waals surface area contributed by atoms with E-state index in [-0.39, 0.29) is 0 Å². The number of rotatable bonds is 7. The minimum Gasteiger partial charge on any atom is -0.362 e. The fourth-order valence-electron chi connectivity index (χ4n) is 4.36. The molecule has 1 aliphatic carbocycles. The quantitative estimate of drug-likeness (QED) is 0.352. The summed E-state index contributed by atoms with van der Waals surface area (Å²) in [6.45, 7) is 0.957. The normalized spacial score (nSPS) is 18.7. The van der Waals surface area contributed by atoms with Crippen LogP contribution in [-0.4, -0.2) is 36.1 Å². The van der Waals surface area contributed by atoms with Crippen LogP contribution >= 0.6 is 22.7 Å². The first-order valence-corrected chi connectivity index (χ1v) is 12.9. The van der Waals surface area contributed by atoms with E-state index in [1.54, 1.807) is 0 Å². The third kappa shape index (κ3) is 4.80. The molecule has 3 aromatic heterocycles. The fraction of sp³-hybridized carbons (Fsp3) is 0.360. The lowest BCUT2D eigenvalue weighted by molar-refractivity contribution is 0.353. The van der Waals surface area contributed by atoms with Crippen molar-refractivity contribution in [3.63, 3.8) is 0 Å². The Kier molecular flexibility index (Phi) is 6.39. The second kappa shape index (κ2) is 9.57. The van der Waals surface area contributed by atoms with Crippen molar-refractivity contribution in [1.29, 1.82) is 0 Å². The number of anilines is 2. The Morgan fingerprint density at radius 2 is 1.72 bits per heavy atom. The molecule has 166 valence electrons. The van der Waals surface area contributed by atoms with E-state index in [0.717, 1.165) is 42.1 Å². The molecule has 0 atom stereocenters. The number of benzene rings is 1. The van der Waals surface area contributed by atoms with Gasteiger partial charge in [0.05, 0.1) is 5.52 Å². The average molecular weight is 464 g/mol. The third-order valence-electron chi connectivity index (χ3n) is 6.06. The summed E-state index contributed by atoms with van der Waals surface area (Å²) < 4.78 is 0. The SMILES string of the molecule is CN(C)c1nc(N[C@H]2CC[C@@H](NCc3ccc(-c4cccs4)s3)CC2)nc2ccccc12. The predicted molar refractivity (Wildman–Crippen MR) is 138 cm³/mol. The maximum Gasteiger partial charge on any atom is 0.225 e. The van der Waals surface area contributed by atoms with Crippen LogP contribution in [0.2, 0.25) is 0 Å². The molecule has 32 heavy (non-hydrogen) atoms. The first-order valence-electron chi connectivity index (χ1n) is 11.2. The molecule has 2 N–H and O–H groups in total. The van der Waals surface area contributed by atoms with E-state index in [1.165, 1.54) is 27.5 Å². The van der Waals surface area contributed by atoms with Crippen LogP contribution in [0.25, 0.3) is 20.7 Å². The molecule has 0 bridgehead atoms. The molecule has 1 saturated carbocycles. The van der Waals surface area contributed by atoms with Gasteiger partial charge in [0.1, 0.15) is 5.82 Å². The number of thiophene rings is 2. The Morgan fingerprint density at radius 1 is 0.906 bits per heavy atom. The molecule has 7 heteroatoms. The number of fused-ring (bicyclic) bond motifs is 1. The van der Waals surface area contributed by atoms with Crippen LogP contribution in [-0.2, 0) is 6.54 Å². The van der Waals surface area contributed by atoms with Crippen molar-refractivity contribution in [3.8, 4) is 9.75 Å². The Hall–Kier alpha value is -2.48. The first-order chi connectivity index (χ1) is 15.7. The van der Waals surface area contributed by atoms with E-state index < -0.39 is 0 Å². The highest BCUT2D eigenvalue weighted by molar-refractivity contribution is 7.21. The van der Waals surface area contributed by atoms with Crippen molar-refractivity contribution in [1.82, 2.24) is 15.3 Å². The van der Waals surface area contributed by atoms with E-state index in [4.69, 9.17) is 9.97 Å². The molecule has 4 aromatic rings. The van der Waals surface area contributed by atoms with Gasteiger partial charge in [0.25, 0.3) is 0 Å². The van der Waals surface area contributed by atoms with Crippen molar-refractivity contribution in [2.75, 3.05) is 24.3 Å². The highest BCUT2D eigenvalue weighted by atomic mass is 32.1. The summed E-state index contributed by atoms with van der Waals surface area (Å²) in [6.07, 6.45) is 4.62. The largest absolute Gasteiger partial charge is 0.362 e. The van der Waals surface area contributed by atoms with Crippen LogP contribution in [0.4, 0.5) is 11.8 Å². The number of aromatic nitrogens is 2. The molecule has 5 rings (SSSR count). The molecule has 1 aromatic carbocycles. The number of hydrogen-bond donors (Lipinski definition) is 2. The summed E-state index contributed by atoms with van der Waals surface area (Å²) in [5.74, 6) is 1.70. The molecule has 0 saturated heterocycles. The lowest BCUT2D eigenvalue weighted by atomic mass is 9.91. The van der Waals surface area contributed by atoms with Gasteiger partial charge in [-0.05, 0) is 61.4 Å². The van der Waals surface area contributed by atoms with Crippen LogP contribution in [0.5, 0.6) is 0 Å². The second-order valence-corrected chi connectivity index (χ2v) is 10.7. The van der Waals surface area contributed by atoms with Crippen LogP contribution in [0, 0.1) is 0 Å². The van der Waals surface area contributed by atoms with Gasteiger partial charge in [-0.2, -0.15) is 4.98 Å². The van der Waals surface area contributed by atoms with Crippen molar-refractivity contribution in [2.45, 2.75) is 44.3 Å². The van der Waals surface area contributed by atoms with Gasteiger partial charge < -0.3 is 15.5 Å². The molecule has 5 nitrogen and oxygen atoms in total. The number of nitrogens with one attached hydrogen (secondary N) is 2. The summed E-state index contributed by atoms with van der Waals surface area (Å²) >= 11 is 3.71. The third-order valence-corrected chi connectivity index (χ3v) is 8.21. The van der Waals surface area contributed by atoms with Crippen molar-refractivity contribution in [3.05, 3.63) is 58.8 Å². The van der Waals surface area contributed by atoms with Gasteiger partial charge in [0.2, 0.25) is 5.95 Å².